The quantitative estimate of drug-likeness (QED) is 0.610. The summed E-state index contributed by atoms with van der Waals surface area (Å²) >= 11 is 1.22. The van der Waals surface area contributed by atoms with Crippen LogP contribution < -0.4 is 0 Å². The molecule has 1 heterocycles. The van der Waals surface area contributed by atoms with Crippen molar-refractivity contribution in [1.29, 1.82) is 0 Å². The van der Waals surface area contributed by atoms with Gasteiger partial charge in [0.05, 0.1) is 0 Å². The van der Waals surface area contributed by atoms with Crippen LogP contribution in [0.5, 0.6) is 0 Å². The molecule has 0 saturated heterocycles. The lowest BCUT2D eigenvalue weighted by Crippen LogP contribution is -2.27. The van der Waals surface area contributed by atoms with Gasteiger partial charge in [0.15, 0.2) is 0 Å². The first-order valence-corrected chi connectivity index (χ1v) is 4.95. The van der Waals surface area contributed by atoms with E-state index in [2.05, 4.69) is 9.97 Å². The zero-order chi connectivity index (χ0) is 10.8. The van der Waals surface area contributed by atoms with Crippen molar-refractivity contribution < 1.29 is 9.90 Å². The van der Waals surface area contributed by atoms with Gasteiger partial charge in [0.1, 0.15) is 15.6 Å². The summed E-state index contributed by atoms with van der Waals surface area (Å²) in [5.41, 5.74) is 0. The van der Waals surface area contributed by atoms with Gasteiger partial charge in [-0.1, -0.05) is 11.8 Å². The number of aromatic nitrogens is 2. The highest BCUT2D eigenvalue weighted by atomic mass is 32.2. The molecule has 0 unspecified atom stereocenters. The summed E-state index contributed by atoms with van der Waals surface area (Å²) in [4.78, 5) is 18.9. The van der Waals surface area contributed by atoms with Crippen LogP contribution in [0.4, 0.5) is 0 Å². The maximum Gasteiger partial charge on any atom is 0.319 e. The summed E-state index contributed by atoms with van der Waals surface area (Å²) in [7, 11) is 0. The molecule has 0 aliphatic carbocycles. The lowest BCUT2D eigenvalue weighted by molar-refractivity contribution is -0.138. The molecule has 0 radical (unpaired) electrons. The van der Waals surface area contributed by atoms with Gasteiger partial charge >= 0.3 is 5.97 Å². The van der Waals surface area contributed by atoms with Crippen LogP contribution in [0.2, 0.25) is 0 Å². The minimum absolute atomic E-state index is 0.649. The van der Waals surface area contributed by atoms with Crippen molar-refractivity contribution in [2.24, 2.45) is 0 Å². The number of thioether (sulfide) groups is 1. The van der Waals surface area contributed by atoms with E-state index >= 15 is 0 Å². The Hall–Kier alpha value is -1.10. The Balaban J connectivity index is 2.83. The Labute approximate surface area is 86.8 Å². The number of aliphatic carboxylic acids is 1. The lowest BCUT2D eigenvalue weighted by atomic mass is 10.2. The Morgan fingerprint density at radius 2 is 2.21 bits per heavy atom. The normalized spacial score (nSPS) is 11.4. The number of carboxylic acids is 1. The highest BCUT2D eigenvalue weighted by Gasteiger charge is 2.28. The molecule has 0 fully saturated rings. The van der Waals surface area contributed by atoms with E-state index in [0.717, 1.165) is 0 Å². The Kier molecular flexibility index (Phi) is 3.10. The van der Waals surface area contributed by atoms with E-state index in [1.807, 2.05) is 0 Å². The molecule has 0 aromatic carbocycles. The summed E-state index contributed by atoms with van der Waals surface area (Å²) in [5, 5.41) is 9.59. The van der Waals surface area contributed by atoms with Gasteiger partial charge in [-0.25, -0.2) is 9.97 Å². The second-order valence-corrected chi connectivity index (χ2v) is 5.00. The van der Waals surface area contributed by atoms with E-state index in [-0.39, 0.29) is 0 Å². The van der Waals surface area contributed by atoms with Crippen LogP contribution in [0.15, 0.2) is 17.3 Å². The molecule has 0 spiro atoms. The first kappa shape index (κ1) is 11.0. The molecule has 0 aliphatic heterocycles. The molecule has 14 heavy (non-hydrogen) atoms. The number of rotatable bonds is 3. The average Bonchev–Trinajstić information content (AvgIpc) is 2.02. The van der Waals surface area contributed by atoms with Gasteiger partial charge in [0.25, 0.3) is 0 Å². The first-order chi connectivity index (χ1) is 6.42. The van der Waals surface area contributed by atoms with Crippen molar-refractivity contribution in [2.75, 3.05) is 0 Å². The first-order valence-electron chi connectivity index (χ1n) is 4.14. The van der Waals surface area contributed by atoms with Crippen molar-refractivity contribution in [3.05, 3.63) is 18.1 Å². The van der Waals surface area contributed by atoms with Crippen molar-refractivity contribution >= 4 is 17.7 Å². The zero-order valence-corrected chi connectivity index (χ0v) is 9.13. The molecule has 0 saturated carbocycles. The van der Waals surface area contributed by atoms with E-state index in [4.69, 9.17) is 5.11 Å². The smallest absolute Gasteiger partial charge is 0.319 e. The summed E-state index contributed by atoms with van der Waals surface area (Å²) in [6.45, 7) is 5.08. The van der Waals surface area contributed by atoms with Crippen LogP contribution in [0.1, 0.15) is 19.7 Å². The largest absolute Gasteiger partial charge is 0.480 e. The fourth-order valence-corrected chi connectivity index (χ4v) is 1.71. The number of carbonyl (C=O) groups is 1. The summed E-state index contributed by atoms with van der Waals surface area (Å²) in [6, 6.07) is 1.71. The molecular formula is C9H12N2O2S. The molecule has 1 aromatic heterocycles. The van der Waals surface area contributed by atoms with E-state index in [1.54, 1.807) is 33.0 Å². The van der Waals surface area contributed by atoms with Crippen LogP contribution in [0.3, 0.4) is 0 Å². The molecule has 1 N–H and O–H groups in total. The van der Waals surface area contributed by atoms with Crippen molar-refractivity contribution in [1.82, 2.24) is 9.97 Å². The van der Waals surface area contributed by atoms with E-state index in [1.165, 1.54) is 11.8 Å². The van der Waals surface area contributed by atoms with E-state index in [0.29, 0.717) is 10.9 Å². The maximum absolute atomic E-state index is 10.8. The van der Waals surface area contributed by atoms with Crippen molar-refractivity contribution in [2.45, 2.75) is 30.5 Å². The molecule has 0 atom stereocenters. The van der Waals surface area contributed by atoms with Crippen LogP contribution in [-0.4, -0.2) is 25.8 Å². The SMILES string of the molecule is Cc1nccc(SC(C)(C)C(=O)O)n1. The molecule has 5 heteroatoms. The van der Waals surface area contributed by atoms with E-state index < -0.39 is 10.7 Å². The van der Waals surface area contributed by atoms with Crippen LogP contribution >= 0.6 is 11.8 Å². The second-order valence-electron chi connectivity index (χ2n) is 3.36. The van der Waals surface area contributed by atoms with Gasteiger partial charge in [-0.3, -0.25) is 4.79 Å². The predicted octanol–water partition coefficient (Wildman–Crippen LogP) is 1.74. The van der Waals surface area contributed by atoms with Crippen LogP contribution in [0, 0.1) is 6.92 Å². The minimum Gasteiger partial charge on any atom is -0.480 e. The van der Waals surface area contributed by atoms with Gasteiger partial charge in [-0.15, -0.1) is 0 Å². The van der Waals surface area contributed by atoms with Gasteiger partial charge in [0.2, 0.25) is 0 Å². The standard InChI is InChI=1S/C9H12N2O2S/c1-6-10-5-4-7(11-6)14-9(2,3)8(12)13/h4-5H,1-3H3,(H,12,13). The number of aryl methyl sites for hydroxylation is 1. The molecule has 0 aliphatic rings. The van der Waals surface area contributed by atoms with Crippen molar-refractivity contribution in [3.8, 4) is 0 Å². The van der Waals surface area contributed by atoms with Crippen molar-refractivity contribution in [3.63, 3.8) is 0 Å². The molecule has 1 aromatic rings. The highest BCUT2D eigenvalue weighted by molar-refractivity contribution is 8.01. The minimum atomic E-state index is -0.860. The fourth-order valence-electron chi connectivity index (χ4n) is 0.796. The number of carboxylic acid groups (broad SMARTS) is 1. The number of nitrogens with zero attached hydrogens (tertiary/aromatic N) is 2. The van der Waals surface area contributed by atoms with Gasteiger partial charge in [-0.2, -0.15) is 0 Å². The molecular weight excluding hydrogens is 200 g/mol. The molecule has 0 amide bonds. The third-order valence-electron chi connectivity index (χ3n) is 1.63. The Bertz CT molecular complexity index is 352. The van der Waals surface area contributed by atoms with Crippen LogP contribution in [0.25, 0.3) is 0 Å². The third kappa shape index (κ3) is 2.70. The van der Waals surface area contributed by atoms with Crippen LogP contribution in [-0.2, 0) is 4.79 Å². The predicted molar refractivity (Wildman–Crippen MR) is 54.3 cm³/mol. The molecule has 76 valence electrons. The monoisotopic (exact) mass is 212 g/mol. The highest BCUT2D eigenvalue weighted by Crippen LogP contribution is 2.30. The Morgan fingerprint density at radius 1 is 1.57 bits per heavy atom. The summed E-state index contributed by atoms with van der Waals surface area (Å²) in [5.74, 6) is -0.199. The lowest BCUT2D eigenvalue weighted by Gasteiger charge is -2.17. The molecule has 0 bridgehead atoms. The second kappa shape index (κ2) is 3.96. The summed E-state index contributed by atoms with van der Waals surface area (Å²) in [6.07, 6.45) is 1.63. The van der Waals surface area contributed by atoms with Gasteiger partial charge < -0.3 is 5.11 Å². The van der Waals surface area contributed by atoms with E-state index in [9.17, 15) is 4.79 Å². The maximum atomic E-state index is 10.8. The summed E-state index contributed by atoms with van der Waals surface area (Å²) < 4.78 is -0.860. The molecule has 1 rings (SSSR count). The molecule has 4 nitrogen and oxygen atoms in total. The Morgan fingerprint density at radius 3 is 2.71 bits per heavy atom. The fraction of sp³-hybridized carbons (Fsp3) is 0.444. The number of hydrogen-bond acceptors (Lipinski definition) is 4. The van der Waals surface area contributed by atoms with Gasteiger partial charge in [-0.05, 0) is 26.8 Å². The zero-order valence-electron chi connectivity index (χ0n) is 8.31. The van der Waals surface area contributed by atoms with Gasteiger partial charge in [0, 0.05) is 6.20 Å². The average molecular weight is 212 g/mol. The number of hydrogen-bond donors (Lipinski definition) is 1. The topological polar surface area (TPSA) is 63.1 Å². The third-order valence-corrected chi connectivity index (χ3v) is 2.75.